The Kier molecular flexibility index (Phi) is 8.19. The van der Waals surface area contributed by atoms with Crippen molar-refractivity contribution in [3.05, 3.63) is 11.6 Å². The van der Waals surface area contributed by atoms with Gasteiger partial charge in [0.05, 0.1) is 13.2 Å². The number of rotatable bonds is 7. The van der Waals surface area contributed by atoms with Crippen molar-refractivity contribution in [1.82, 2.24) is 0 Å². The van der Waals surface area contributed by atoms with Gasteiger partial charge in [0.1, 0.15) is 5.60 Å². The Morgan fingerprint density at radius 3 is 2.32 bits per heavy atom. The van der Waals surface area contributed by atoms with Gasteiger partial charge >= 0.3 is 0 Å². The highest BCUT2D eigenvalue weighted by Crippen LogP contribution is 2.68. The average Bonchev–Trinajstić information content (AvgIpc) is 3.44. The van der Waals surface area contributed by atoms with E-state index >= 15 is 0 Å². The Hall–Kier alpha value is -0.533. The summed E-state index contributed by atoms with van der Waals surface area (Å²) in [7, 11) is -1.81. The zero-order valence-electron chi connectivity index (χ0n) is 27.9. The fraction of sp³-hybridized carbons (Fsp3) is 0.914. The molecular formula is C35H60O5Si. The summed E-state index contributed by atoms with van der Waals surface area (Å²) in [6.45, 7) is 24.0. The molecule has 6 heteroatoms. The van der Waals surface area contributed by atoms with E-state index in [0.29, 0.717) is 43.5 Å². The van der Waals surface area contributed by atoms with Gasteiger partial charge in [-0.15, -0.1) is 0 Å². The second kappa shape index (κ2) is 10.5. The molecular weight excluding hydrogens is 528 g/mol. The van der Waals surface area contributed by atoms with Crippen molar-refractivity contribution >= 4 is 14.1 Å². The lowest BCUT2D eigenvalue weighted by Crippen LogP contribution is -2.63. The van der Waals surface area contributed by atoms with Gasteiger partial charge in [-0.3, -0.25) is 4.79 Å². The summed E-state index contributed by atoms with van der Waals surface area (Å²) in [4.78, 5) is 14.1. The highest BCUT2D eigenvalue weighted by molar-refractivity contribution is 6.74. The van der Waals surface area contributed by atoms with Crippen LogP contribution in [0.5, 0.6) is 0 Å². The highest BCUT2D eigenvalue weighted by Gasteiger charge is 2.71. The maximum Gasteiger partial charge on any atom is 0.192 e. The quantitative estimate of drug-likeness (QED) is 0.241. The Bertz CT molecular complexity index is 1040. The molecule has 1 aliphatic heterocycles. The molecule has 0 unspecified atom stereocenters. The number of Topliss-reactive ketones (excluding diaryl/α,β-unsaturated/α-hetero) is 1. The molecule has 1 N–H and O–H groups in total. The predicted molar refractivity (Wildman–Crippen MR) is 167 cm³/mol. The van der Waals surface area contributed by atoms with Gasteiger partial charge < -0.3 is 19.0 Å². The molecule has 41 heavy (non-hydrogen) atoms. The highest BCUT2D eigenvalue weighted by atomic mass is 28.4. The Labute approximate surface area is 251 Å². The third-order valence-electron chi connectivity index (χ3n) is 13.5. The molecule has 3 saturated carbocycles. The van der Waals surface area contributed by atoms with E-state index in [1.54, 1.807) is 5.57 Å². The number of fused-ring (bicyclic) bond motifs is 5. The lowest BCUT2D eigenvalue weighted by Gasteiger charge is -2.60. The largest absolute Gasteiger partial charge is 0.414 e. The monoisotopic (exact) mass is 588 g/mol. The smallest absolute Gasteiger partial charge is 0.192 e. The van der Waals surface area contributed by atoms with Crippen LogP contribution >= 0.6 is 0 Å². The lowest BCUT2D eigenvalue weighted by atomic mass is 9.46. The van der Waals surface area contributed by atoms with E-state index in [9.17, 15) is 9.90 Å². The summed E-state index contributed by atoms with van der Waals surface area (Å²) in [6, 6.07) is 0. The minimum Gasteiger partial charge on any atom is -0.414 e. The molecule has 4 aliphatic carbocycles. The molecule has 0 bridgehead atoms. The molecule has 0 aromatic rings. The summed E-state index contributed by atoms with van der Waals surface area (Å²) >= 11 is 0. The number of ketones is 1. The van der Waals surface area contributed by atoms with Crippen molar-refractivity contribution in [3.63, 3.8) is 0 Å². The molecule has 0 radical (unpaired) electrons. The van der Waals surface area contributed by atoms with Crippen LogP contribution in [0.2, 0.25) is 18.1 Å². The maximum absolute atomic E-state index is 14.1. The first kappa shape index (κ1) is 31.9. The minimum atomic E-state index is -1.81. The van der Waals surface area contributed by atoms with Gasteiger partial charge in [0.2, 0.25) is 0 Å². The van der Waals surface area contributed by atoms with Crippen LogP contribution in [-0.4, -0.2) is 49.9 Å². The van der Waals surface area contributed by atoms with Crippen molar-refractivity contribution in [1.29, 1.82) is 0 Å². The van der Waals surface area contributed by atoms with E-state index in [1.807, 2.05) is 6.92 Å². The van der Waals surface area contributed by atoms with Crippen molar-refractivity contribution in [2.24, 2.45) is 40.4 Å². The zero-order valence-corrected chi connectivity index (χ0v) is 28.9. The molecule has 1 saturated heterocycles. The number of ether oxygens (including phenoxy) is 2. The molecule has 1 heterocycles. The number of aliphatic hydroxyl groups is 1. The van der Waals surface area contributed by atoms with E-state index in [0.717, 1.165) is 51.4 Å². The number of allylic oxidation sites excluding steroid dienone is 1. The number of hydrogen-bond acceptors (Lipinski definition) is 5. The van der Waals surface area contributed by atoms with Gasteiger partial charge in [0.15, 0.2) is 19.9 Å². The van der Waals surface area contributed by atoms with Gasteiger partial charge in [0.25, 0.3) is 0 Å². The second-order valence-electron chi connectivity index (χ2n) is 17.0. The van der Waals surface area contributed by atoms with Gasteiger partial charge in [-0.2, -0.15) is 0 Å². The summed E-state index contributed by atoms with van der Waals surface area (Å²) in [5.41, 5.74) is -0.118. The summed E-state index contributed by atoms with van der Waals surface area (Å²) in [5, 5.41) is 12.9. The van der Waals surface area contributed by atoms with Gasteiger partial charge in [-0.05, 0) is 92.2 Å². The fourth-order valence-electron chi connectivity index (χ4n) is 9.79. The predicted octanol–water partition coefficient (Wildman–Crippen LogP) is 8.07. The SMILES string of the molecule is CC(C)CCC1([C@@H](C)[C@@]2(O)C(=O)C[C@H]3[C@@H]4CC=C5C[C@@H](O[Si](C)(C)C(C)(C)C)CC[C@]5(C)[C@H]4CC[C@@]32C)OCCO1. The Balaban J connectivity index is 1.39. The van der Waals surface area contributed by atoms with Crippen LogP contribution in [0.4, 0.5) is 0 Å². The number of carbonyl (C=O) groups excluding carboxylic acids is 1. The van der Waals surface area contributed by atoms with Gasteiger partial charge in [-0.25, -0.2) is 0 Å². The molecule has 5 rings (SSSR count). The molecule has 4 fully saturated rings. The minimum absolute atomic E-state index is 0.0209. The van der Waals surface area contributed by atoms with Gasteiger partial charge in [0, 0.05) is 30.3 Å². The van der Waals surface area contributed by atoms with Crippen molar-refractivity contribution < 1.29 is 23.8 Å². The fourth-order valence-corrected chi connectivity index (χ4v) is 11.2. The van der Waals surface area contributed by atoms with Crippen LogP contribution in [0.25, 0.3) is 0 Å². The van der Waals surface area contributed by atoms with E-state index in [2.05, 4.69) is 67.6 Å². The van der Waals surface area contributed by atoms with E-state index in [1.165, 1.54) is 0 Å². The summed E-state index contributed by atoms with van der Waals surface area (Å²) in [5.74, 6) is 0.441. The normalized spacial score (nSPS) is 41.6. The molecule has 0 spiro atoms. The van der Waals surface area contributed by atoms with E-state index < -0.39 is 31.0 Å². The summed E-state index contributed by atoms with van der Waals surface area (Å²) < 4.78 is 19.5. The van der Waals surface area contributed by atoms with Crippen LogP contribution < -0.4 is 0 Å². The van der Waals surface area contributed by atoms with Crippen molar-refractivity contribution in [2.45, 2.75) is 149 Å². The van der Waals surface area contributed by atoms with Crippen LogP contribution in [0.3, 0.4) is 0 Å². The third-order valence-corrected chi connectivity index (χ3v) is 18.1. The standard InChI is InChI=1S/C35H60O5Si/c1-23(2)13-18-34(38-19-20-39-34)24(3)35(37)30(36)22-29-27-12-11-25-21-26(40-41(9,10)31(4,5)6)14-16-32(25,7)28(27)15-17-33(29,35)8/h11,23-24,26-29,37H,12-22H2,1-10H3/t24-,26+,27-,28+,29+,32+,33+,35-/m1/s1. The third kappa shape index (κ3) is 4.89. The first-order valence-electron chi connectivity index (χ1n) is 16.8. The van der Waals surface area contributed by atoms with Crippen molar-refractivity contribution in [3.8, 4) is 0 Å². The molecule has 0 aromatic carbocycles. The number of carbonyl (C=O) groups is 1. The summed E-state index contributed by atoms with van der Waals surface area (Å²) in [6.07, 6.45) is 11.3. The molecule has 0 amide bonds. The molecule has 8 atom stereocenters. The Morgan fingerprint density at radius 2 is 1.71 bits per heavy atom. The van der Waals surface area contributed by atoms with Crippen LogP contribution in [-0.2, 0) is 18.7 Å². The maximum atomic E-state index is 14.1. The first-order valence-corrected chi connectivity index (χ1v) is 19.7. The van der Waals surface area contributed by atoms with Crippen LogP contribution in [0, 0.1) is 40.4 Å². The van der Waals surface area contributed by atoms with Crippen molar-refractivity contribution in [2.75, 3.05) is 13.2 Å². The molecule has 5 aliphatic rings. The second-order valence-corrected chi connectivity index (χ2v) is 21.8. The van der Waals surface area contributed by atoms with E-state index in [-0.39, 0.29) is 22.2 Å². The molecule has 0 aromatic heterocycles. The van der Waals surface area contributed by atoms with Gasteiger partial charge in [-0.1, -0.05) is 67.0 Å². The molecule has 5 nitrogen and oxygen atoms in total. The Morgan fingerprint density at radius 1 is 1.05 bits per heavy atom. The van der Waals surface area contributed by atoms with Crippen LogP contribution in [0.15, 0.2) is 11.6 Å². The zero-order chi connectivity index (χ0) is 30.2. The average molecular weight is 589 g/mol. The van der Waals surface area contributed by atoms with Crippen LogP contribution in [0.1, 0.15) is 113 Å². The van der Waals surface area contributed by atoms with E-state index in [4.69, 9.17) is 13.9 Å². The lowest BCUT2D eigenvalue weighted by molar-refractivity contribution is -0.259. The molecule has 234 valence electrons. The topological polar surface area (TPSA) is 65.0 Å². The first-order chi connectivity index (χ1) is 18.9. The number of hydrogen-bond donors (Lipinski definition) is 1.